The number of amides is 2. The molecule has 164 valence electrons. The minimum absolute atomic E-state index is 0.0470. The quantitative estimate of drug-likeness (QED) is 0.705. The van der Waals surface area contributed by atoms with Gasteiger partial charge in [-0.05, 0) is 52.5 Å². The molecule has 0 N–H and O–H groups in total. The molecular weight excluding hydrogens is 398 g/mol. The molecule has 0 spiro atoms. The van der Waals surface area contributed by atoms with Crippen LogP contribution in [0.4, 0.5) is 0 Å². The van der Waals surface area contributed by atoms with Gasteiger partial charge in [-0.15, -0.1) is 11.3 Å². The Morgan fingerprint density at radius 1 is 1.13 bits per heavy atom. The van der Waals surface area contributed by atoms with E-state index in [4.69, 9.17) is 4.98 Å². The Morgan fingerprint density at radius 3 is 2.63 bits per heavy atom. The van der Waals surface area contributed by atoms with E-state index in [1.54, 1.807) is 11.3 Å². The first kappa shape index (κ1) is 21.3. The van der Waals surface area contributed by atoms with Gasteiger partial charge in [0.2, 0.25) is 5.91 Å². The summed E-state index contributed by atoms with van der Waals surface area (Å²) in [5, 5.41) is 2.02. The van der Waals surface area contributed by atoms with Crippen molar-refractivity contribution in [3.05, 3.63) is 23.0 Å². The first-order valence-electron chi connectivity index (χ1n) is 11.4. The van der Waals surface area contributed by atoms with Crippen molar-refractivity contribution in [3.63, 3.8) is 0 Å². The molecule has 2 aliphatic rings. The smallest absolute Gasteiger partial charge is 0.274 e. The van der Waals surface area contributed by atoms with Gasteiger partial charge in [0.1, 0.15) is 0 Å². The van der Waals surface area contributed by atoms with Crippen molar-refractivity contribution in [3.8, 4) is 0 Å². The van der Waals surface area contributed by atoms with Crippen molar-refractivity contribution in [2.45, 2.75) is 52.5 Å². The van der Waals surface area contributed by atoms with Crippen LogP contribution in [0.15, 0.2) is 11.6 Å². The fourth-order valence-corrected chi connectivity index (χ4v) is 5.54. The zero-order valence-corrected chi connectivity index (χ0v) is 19.0. The molecule has 2 amide bonds. The molecule has 7 nitrogen and oxygen atoms in total. The third-order valence-electron chi connectivity index (χ3n) is 6.51. The number of piperidine rings is 2. The van der Waals surface area contributed by atoms with Crippen molar-refractivity contribution >= 4 is 28.1 Å². The lowest BCUT2D eigenvalue weighted by molar-refractivity contribution is -0.137. The third-order valence-corrected chi connectivity index (χ3v) is 7.27. The third kappa shape index (κ3) is 4.25. The molecule has 0 aromatic carbocycles. The van der Waals surface area contributed by atoms with Crippen molar-refractivity contribution in [1.82, 2.24) is 24.1 Å². The van der Waals surface area contributed by atoms with Crippen LogP contribution in [0.25, 0.3) is 4.96 Å². The SMILES string of the molecule is CCN(CC)C(=O)[C@@H]1CCCN(Cc2c(C(=O)N3CCCCC3)nc3sccn23)C1. The number of likely N-dealkylation sites (tertiary alicyclic amines) is 2. The number of carbonyl (C=O) groups excluding carboxylic acids is 2. The van der Waals surface area contributed by atoms with Gasteiger partial charge in [0.05, 0.1) is 11.6 Å². The van der Waals surface area contributed by atoms with E-state index in [1.165, 1.54) is 6.42 Å². The molecule has 4 rings (SSSR count). The summed E-state index contributed by atoms with van der Waals surface area (Å²) in [7, 11) is 0. The highest BCUT2D eigenvalue weighted by atomic mass is 32.1. The van der Waals surface area contributed by atoms with Crippen LogP contribution in [0.3, 0.4) is 0 Å². The Bertz CT molecular complexity index is 881. The molecule has 2 saturated heterocycles. The first-order chi connectivity index (χ1) is 14.6. The van der Waals surface area contributed by atoms with Gasteiger partial charge in [-0.25, -0.2) is 4.98 Å². The van der Waals surface area contributed by atoms with Crippen molar-refractivity contribution in [1.29, 1.82) is 0 Å². The lowest BCUT2D eigenvalue weighted by atomic mass is 9.96. The number of nitrogens with zero attached hydrogens (tertiary/aromatic N) is 5. The number of hydrogen-bond acceptors (Lipinski definition) is 5. The van der Waals surface area contributed by atoms with E-state index >= 15 is 0 Å². The largest absolute Gasteiger partial charge is 0.343 e. The van der Waals surface area contributed by atoms with Crippen LogP contribution < -0.4 is 0 Å². The van der Waals surface area contributed by atoms with Crippen molar-refractivity contribution in [2.24, 2.45) is 5.92 Å². The number of hydrogen-bond donors (Lipinski definition) is 0. The van der Waals surface area contributed by atoms with E-state index in [9.17, 15) is 9.59 Å². The molecular formula is C22H33N5O2S. The Labute approximate surface area is 182 Å². The van der Waals surface area contributed by atoms with E-state index in [-0.39, 0.29) is 17.7 Å². The second-order valence-corrected chi connectivity index (χ2v) is 9.27. The van der Waals surface area contributed by atoms with E-state index in [1.807, 2.05) is 35.2 Å². The fraction of sp³-hybridized carbons (Fsp3) is 0.682. The predicted molar refractivity (Wildman–Crippen MR) is 119 cm³/mol. The Hall–Kier alpha value is -1.93. The second kappa shape index (κ2) is 9.47. The van der Waals surface area contributed by atoms with E-state index < -0.39 is 0 Å². The minimum Gasteiger partial charge on any atom is -0.343 e. The number of rotatable bonds is 6. The van der Waals surface area contributed by atoms with E-state index in [0.717, 1.165) is 75.6 Å². The van der Waals surface area contributed by atoms with Crippen LogP contribution >= 0.6 is 11.3 Å². The summed E-state index contributed by atoms with van der Waals surface area (Å²) in [4.78, 5) is 37.9. The molecule has 2 aromatic rings. The summed E-state index contributed by atoms with van der Waals surface area (Å²) in [5.74, 6) is 0.377. The molecule has 1 atom stereocenters. The minimum atomic E-state index is 0.0470. The molecule has 2 aliphatic heterocycles. The molecule has 4 heterocycles. The molecule has 8 heteroatoms. The highest BCUT2D eigenvalue weighted by molar-refractivity contribution is 7.15. The summed E-state index contributed by atoms with van der Waals surface area (Å²) in [6.45, 7) is 9.63. The summed E-state index contributed by atoms with van der Waals surface area (Å²) in [6.07, 6.45) is 7.32. The van der Waals surface area contributed by atoms with Crippen molar-refractivity contribution < 1.29 is 9.59 Å². The number of carbonyl (C=O) groups is 2. The summed E-state index contributed by atoms with van der Waals surface area (Å²) in [5.41, 5.74) is 1.57. The van der Waals surface area contributed by atoms with Crippen LogP contribution in [-0.4, -0.2) is 75.2 Å². The topological polar surface area (TPSA) is 61.2 Å². The van der Waals surface area contributed by atoms with Gasteiger partial charge >= 0.3 is 0 Å². The number of imidazole rings is 1. The Morgan fingerprint density at radius 2 is 1.90 bits per heavy atom. The van der Waals surface area contributed by atoms with Gasteiger partial charge in [0.25, 0.3) is 5.91 Å². The highest BCUT2D eigenvalue weighted by Crippen LogP contribution is 2.25. The van der Waals surface area contributed by atoms with Crippen LogP contribution in [0.5, 0.6) is 0 Å². The maximum atomic E-state index is 13.2. The molecule has 2 fully saturated rings. The summed E-state index contributed by atoms with van der Waals surface area (Å²) in [6, 6.07) is 0. The maximum absolute atomic E-state index is 13.2. The predicted octanol–water partition coefficient (Wildman–Crippen LogP) is 3.10. The fourth-order valence-electron chi connectivity index (χ4n) is 4.81. The summed E-state index contributed by atoms with van der Waals surface area (Å²) >= 11 is 1.57. The number of thiazole rings is 1. The molecule has 30 heavy (non-hydrogen) atoms. The normalized spacial score (nSPS) is 20.6. The van der Waals surface area contributed by atoms with Gasteiger partial charge < -0.3 is 9.80 Å². The number of aromatic nitrogens is 2. The Kier molecular flexibility index (Phi) is 6.73. The van der Waals surface area contributed by atoms with E-state index in [2.05, 4.69) is 9.30 Å². The molecule has 0 bridgehead atoms. The van der Waals surface area contributed by atoms with Gasteiger partial charge in [0.15, 0.2) is 10.7 Å². The van der Waals surface area contributed by atoms with Gasteiger partial charge in [-0.2, -0.15) is 0 Å². The summed E-state index contributed by atoms with van der Waals surface area (Å²) < 4.78 is 2.07. The van der Waals surface area contributed by atoms with Crippen molar-refractivity contribution in [2.75, 3.05) is 39.3 Å². The lowest BCUT2D eigenvalue weighted by Gasteiger charge is -2.34. The molecule has 0 saturated carbocycles. The zero-order valence-electron chi connectivity index (χ0n) is 18.2. The van der Waals surface area contributed by atoms with Crippen LogP contribution in [-0.2, 0) is 11.3 Å². The average molecular weight is 432 g/mol. The monoisotopic (exact) mass is 431 g/mol. The molecule has 2 aromatic heterocycles. The molecule has 0 aliphatic carbocycles. The van der Waals surface area contributed by atoms with Gasteiger partial charge in [-0.3, -0.25) is 18.9 Å². The van der Waals surface area contributed by atoms with Gasteiger partial charge in [0, 0.05) is 50.8 Å². The average Bonchev–Trinajstić information content (AvgIpc) is 3.37. The van der Waals surface area contributed by atoms with E-state index in [0.29, 0.717) is 12.2 Å². The van der Waals surface area contributed by atoms with Gasteiger partial charge in [-0.1, -0.05) is 0 Å². The number of fused-ring (bicyclic) bond motifs is 1. The molecule has 0 unspecified atom stereocenters. The maximum Gasteiger partial charge on any atom is 0.274 e. The Balaban J connectivity index is 1.53. The van der Waals surface area contributed by atoms with Crippen LogP contribution in [0.2, 0.25) is 0 Å². The second-order valence-electron chi connectivity index (χ2n) is 8.40. The van der Waals surface area contributed by atoms with Crippen LogP contribution in [0.1, 0.15) is 62.1 Å². The standard InChI is InChI=1S/C22H33N5O2S/c1-3-25(4-2)20(28)17-9-8-10-24(15-17)16-18-19(23-22-27(18)13-14-30-22)21(29)26-11-6-5-7-12-26/h13-14,17H,3-12,15-16H2,1-2H3/t17-/m1/s1. The lowest BCUT2D eigenvalue weighted by Crippen LogP contribution is -2.44. The van der Waals surface area contributed by atoms with Crippen LogP contribution in [0, 0.1) is 5.92 Å². The molecule has 0 radical (unpaired) electrons. The zero-order chi connectivity index (χ0) is 21.1. The highest BCUT2D eigenvalue weighted by Gasteiger charge is 2.31. The first-order valence-corrected chi connectivity index (χ1v) is 12.2.